The van der Waals surface area contributed by atoms with Gasteiger partial charge in [-0.15, -0.1) is 10.2 Å². The standard InChI is InChI=1S/C30H34Cl2N6O4S/c1-30(2,3)42-29(39)20-38(43(40,41)25-18-22(31)17-23(32)19-25)24-6-7-26-21(16-24)10-14-37(26)28-9-8-27(34-35-28)33-11-15-36-12-4-5-13-36/h6-10,14,16-19H,4-5,11-13,15,20H2,1-3H3,(H,33,34). The number of likely N-dealkylation sites (tertiary alicyclic amines) is 1. The highest BCUT2D eigenvalue weighted by Gasteiger charge is 2.30. The average Bonchev–Trinajstić information content (AvgIpc) is 3.60. The van der Waals surface area contributed by atoms with Crippen molar-refractivity contribution in [2.24, 2.45) is 0 Å². The quantitative estimate of drug-likeness (QED) is 0.217. The van der Waals surface area contributed by atoms with Gasteiger partial charge in [0.2, 0.25) is 0 Å². The molecule has 0 atom stereocenters. The monoisotopic (exact) mass is 644 g/mol. The second-order valence-electron chi connectivity index (χ2n) is 11.4. The van der Waals surface area contributed by atoms with Gasteiger partial charge < -0.3 is 15.0 Å². The zero-order valence-corrected chi connectivity index (χ0v) is 26.6. The Bertz CT molecular complexity index is 1690. The van der Waals surface area contributed by atoms with E-state index in [-0.39, 0.29) is 20.6 Å². The molecule has 1 N–H and O–H groups in total. The summed E-state index contributed by atoms with van der Waals surface area (Å²) >= 11 is 12.2. The van der Waals surface area contributed by atoms with Crippen molar-refractivity contribution in [3.05, 3.63) is 70.8 Å². The molecule has 1 aliphatic heterocycles. The largest absolute Gasteiger partial charge is 0.459 e. The molecular formula is C30H34Cl2N6O4S. The highest BCUT2D eigenvalue weighted by Crippen LogP contribution is 2.31. The third-order valence-corrected chi connectivity index (χ3v) is 9.10. The summed E-state index contributed by atoms with van der Waals surface area (Å²) in [5.41, 5.74) is 0.261. The predicted molar refractivity (Wildman–Crippen MR) is 170 cm³/mol. The maximum Gasteiger partial charge on any atom is 0.327 e. The summed E-state index contributed by atoms with van der Waals surface area (Å²) in [6.45, 7) is 8.67. The maximum atomic E-state index is 13.9. The average molecular weight is 646 g/mol. The number of benzene rings is 2. The van der Waals surface area contributed by atoms with Crippen LogP contribution in [-0.2, 0) is 19.6 Å². The number of anilines is 2. The summed E-state index contributed by atoms with van der Waals surface area (Å²) in [4.78, 5) is 15.1. The second-order valence-corrected chi connectivity index (χ2v) is 14.1. The maximum absolute atomic E-state index is 13.9. The molecule has 2 aromatic carbocycles. The molecule has 1 fully saturated rings. The van der Waals surface area contributed by atoms with Gasteiger partial charge >= 0.3 is 5.97 Å². The zero-order chi connectivity index (χ0) is 30.8. The number of carbonyl (C=O) groups excluding carboxylic acids is 1. The first kappa shape index (κ1) is 31.1. The van der Waals surface area contributed by atoms with E-state index in [1.54, 1.807) is 39.0 Å². The van der Waals surface area contributed by atoms with Gasteiger partial charge in [-0.1, -0.05) is 23.2 Å². The molecule has 2 aromatic heterocycles. The van der Waals surface area contributed by atoms with Crippen molar-refractivity contribution in [2.75, 3.05) is 42.3 Å². The fourth-order valence-electron chi connectivity index (χ4n) is 4.99. The van der Waals surface area contributed by atoms with E-state index in [9.17, 15) is 13.2 Å². The van der Waals surface area contributed by atoms with Crippen LogP contribution in [0.1, 0.15) is 33.6 Å². The van der Waals surface area contributed by atoms with Gasteiger partial charge in [0.1, 0.15) is 18.0 Å². The Balaban J connectivity index is 1.41. The Morgan fingerprint density at radius 3 is 2.37 bits per heavy atom. The molecule has 13 heteroatoms. The lowest BCUT2D eigenvalue weighted by molar-refractivity contribution is -0.152. The van der Waals surface area contributed by atoms with Crippen LogP contribution in [0.15, 0.2) is 65.7 Å². The summed E-state index contributed by atoms with van der Waals surface area (Å²) < 4.78 is 36.0. The zero-order valence-electron chi connectivity index (χ0n) is 24.3. The van der Waals surface area contributed by atoms with Gasteiger partial charge in [0.15, 0.2) is 5.82 Å². The number of fused-ring (bicyclic) bond motifs is 1. The van der Waals surface area contributed by atoms with Crippen LogP contribution >= 0.6 is 23.2 Å². The van der Waals surface area contributed by atoms with Crippen LogP contribution in [0.4, 0.5) is 11.5 Å². The van der Waals surface area contributed by atoms with Crippen LogP contribution in [0.3, 0.4) is 0 Å². The predicted octanol–water partition coefficient (Wildman–Crippen LogP) is 5.77. The van der Waals surface area contributed by atoms with Gasteiger partial charge in [0.25, 0.3) is 10.0 Å². The number of sulfonamides is 1. The van der Waals surface area contributed by atoms with Crippen LogP contribution in [0, 0.1) is 0 Å². The van der Waals surface area contributed by atoms with Gasteiger partial charge in [-0.2, -0.15) is 0 Å². The number of nitrogens with zero attached hydrogens (tertiary/aromatic N) is 5. The number of rotatable bonds is 10. The van der Waals surface area contributed by atoms with Crippen LogP contribution in [0.25, 0.3) is 16.7 Å². The van der Waals surface area contributed by atoms with E-state index in [4.69, 9.17) is 27.9 Å². The minimum atomic E-state index is -4.26. The molecule has 0 amide bonds. The number of ether oxygens (including phenoxy) is 1. The third kappa shape index (κ3) is 7.59. The number of halogens is 2. The van der Waals surface area contributed by atoms with E-state index in [0.29, 0.717) is 11.6 Å². The molecule has 5 rings (SSSR count). The van der Waals surface area contributed by atoms with Crippen LogP contribution < -0.4 is 9.62 Å². The van der Waals surface area contributed by atoms with Crippen molar-refractivity contribution in [2.45, 2.75) is 44.1 Å². The molecule has 0 bridgehead atoms. The first-order chi connectivity index (χ1) is 20.4. The van der Waals surface area contributed by atoms with E-state index >= 15 is 0 Å². The number of carbonyl (C=O) groups is 1. The smallest absolute Gasteiger partial charge is 0.327 e. The van der Waals surface area contributed by atoms with E-state index in [1.165, 1.54) is 31.0 Å². The fourth-order valence-corrected chi connectivity index (χ4v) is 7.12. The summed E-state index contributed by atoms with van der Waals surface area (Å²) in [7, 11) is -4.26. The second kappa shape index (κ2) is 12.7. The van der Waals surface area contributed by atoms with Gasteiger partial charge in [0, 0.05) is 34.7 Å². The van der Waals surface area contributed by atoms with E-state index in [0.717, 1.165) is 41.4 Å². The van der Waals surface area contributed by atoms with Crippen LogP contribution in [-0.4, -0.2) is 72.4 Å². The summed E-state index contributed by atoms with van der Waals surface area (Å²) in [6, 6.07) is 14.7. The number of nitrogens with one attached hydrogen (secondary N) is 1. The number of esters is 1. The van der Waals surface area contributed by atoms with Gasteiger partial charge in [0.05, 0.1) is 16.1 Å². The van der Waals surface area contributed by atoms with Crippen molar-refractivity contribution in [1.82, 2.24) is 19.7 Å². The molecule has 0 aliphatic carbocycles. The Kier molecular flexibility index (Phi) is 9.17. The Labute approximate surface area is 261 Å². The molecule has 1 saturated heterocycles. The minimum Gasteiger partial charge on any atom is -0.459 e. The highest BCUT2D eigenvalue weighted by atomic mass is 35.5. The van der Waals surface area contributed by atoms with Gasteiger partial charge in [-0.25, -0.2) is 8.42 Å². The number of hydrogen-bond donors (Lipinski definition) is 1. The molecule has 0 radical (unpaired) electrons. The fraction of sp³-hybridized carbons (Fsp3) is 0.367. The molecule has 0 unspecified atom stereocenters. The van der Waals surface area contributed by atoms with Gasteiger partial charge in [-0.3, -0.25) is 13.7 Å². The van der Waals surface area contributed by atoms with Gasteiger partial charge in [-0.05, 0) is 101 Å². The first-order valence-electron chi connectivity index (χ1n) is 14.0. The molecule has 228 valence electrons. The van der Waals surface area contributed by atoms with Crippen molar-refractivity contribution >= 4 is 61.6 Å². The molecule has 4 aromatic rings. The topological polar surface area (TPSA) is 110 Å². The van der Waals surface area contributed by atoms with Crippen LogP contribution in [0.5, 0.6) is 0 Å². The molecule has 43 heavy (non-hydrogen) atoms. The first-order valence-corrected chi connectivity index (χ1v) is 16.2. The van der Waals surface area contributed by atoms with Crippen LogP contribution in [0.2, 0.25) is 10.0 Å². The summed E-state index contributed by atoms with van der Waals surface area (Å²) in [6.07, 6.45) is 4.35. The molecule has 1 aliphatic rings. The molecular weight excluding hydrogens is 611 g/mol. The molecule has 0 saturated carbocycles. The minimum absolute atomic E-state index is 0.143. The SMILES string of the molecule is CC(C)(C)OC(=O)CN(c1ccc2c(ccn2-c2ccc(NCCN3CCCC3)nn2)c1)S(=O)(=O)c1cc(Cl)cc(Cl)c1. The lowest BCUT2D eigenvalue weighted by atomic mass is 10.2. The normalized spacial score (nSPS) is 14.3. The molecule has 10 nitrogen and oxygen atoms in total. The number of hydrogen-bond acceptors (Lipinski definition) is 8. The molecule has 3 heterocycles. The number of aromatic nitrogens is 3. The highest BCUT2D eigenvalue weighted by molar-refractivity contribution is 7.92. The summed E-state index contributed by atoms with van der Waals surface area (Å²) in [5.74, 6) is 0.608. The van der Waals surface area contributed by atoms with Crippen molar-refractivity contribution < 1.29 is 17.9 Å². The summed E-state index contributed by atoms with van der Waals surface area (Å²) in [5, 5.41) is 13.1. The lowest BCUT2D eigenvalue weighted by Gasteiger charge is -2.26. The molecule has 0 spiro atoms. The lowest BCUT2D eigenvalue weighted by Crippen LogP contribution is -2.39. The van der Waals surface area contributed by atoms with Crippen molar-refractivity contribution in [3.8, 4) is 5.82 Å². The van der Waals surface area contributed by atoms with Crippen molar-refractivity contribution in [1.29, 1.82) is 0 Å². The Morgan fingerprint density at radius 2 is 1.72 bits per heavy atom. The Morgan fingerprint density at radius 1 is 1.00 bits per heavy atom. The van der Waals surface area contributed by atoms with Crippen molar-refractivity contribution in [3.63, 3.8) is 0 Å². The third-order valence-electron chi connectivity index (χ3n) is 6.91. The van der Waals surface area contributed by atoms with E-state index in [2.05, 4.69) is 20.4 Å². The Hall–Kier alpha value is -3.38. The van der Waals surface area contributed by atoms with E-state index in [1.807, 2.05) is 29.0 Å². The van der Waals surface area contributed by atoms with E-state index < -0.39 is 28.1 Å².